The van der Waals surface area contributed by atoms with E-state index in [4.69, 9.17) is 0 Å². The molecule has 0 saturated heterocycles. The highest BCUT2D eigenvalue weighted by molar-refractivity contribution is 5.05. The van der Waals surface area contributed by atoms with Crippen molar-refractivity contribution in [3.63, 3.8) is 0 Å². The van der Waals surface area contributed by atoms with Gasteiger partial charge in [-0.3, -0.25) is 4.57 Å². The van der Waals surface area contributed by atoms with Crippen LogP contribution in [-0.4, -0.2) is 14.8 Å². The molecule has 0 saturated carbocycles. The molecule has 1 atom stereocenters. The van der Waals surface area contributed by atoms with Crippen LogP contribution >= 0.6 is 0 Å². The first kappa shape index (κ1) is 7.71. The van der Waals surface area contributed by atoms with E-state index in [0.717, 1.165) is 18.1 Å². The number of aryl methyl sites for hydroxylation is 1. The van der Waals surface area contributed by atoms with Crippen molar-refractivity contribution in [2.75, 3.05) is 0 Å². The van der Waals surface area contributed by atoms with Gasteiger partial charge in [-0.15, -0.1) is 10.2 Å². The lowest BCUT2D eigenvalue weighted by atomic mass is 10.2. The highest BCUT2D eigenvalue weighted by Crippen LogP contribution is 2.29. The van der Waals surface area contributed by atoms with Crippen LogP contribution in [0.5, 0.6) is 0 Å². The number of alkyl halides is 1. The normalized spacial score (nSPS) is 21.8. The average Bonchev–Trinajstić information content (AvgIpc) is 2.53. The summed E-state index contributed by atoms with van der Waals surface area (Å²) in [5.41, 5.74) is 0. The highest BCUT2D eigenvalue weighted by atomic mass is 19.1. The first-order valence-corrected chi connectivity index (χ1v) is 4.28. The van der Waals surface area contributed by atoms with E-state index in [-0.39, 0.29) is 5.92 Å². The molecule has 1 aromatic rings. The van der Waals surface area contributed by atoms with Crippen molar-refractivity contribution < 1.29 is 4.39 Å². The van der Waals surface area contributed by atoms with Gasteiger partial charge in [0.05, 0.1) is 0 Å². The fourth-order valence-electron chi connectivity index (χ4n) is 1.58. The number of aromatic nitrogens is 3. The molecule has 0 amide bonds. The fraction of sp³-hybridized carbons (Fsp3) is 0.750. The van der Waals surface area contributed by atoms with Gasteiger partial charge >= 0.3 is 0 Å². The van der Waals surface area contributed by atoms with Gasteiger partial charge in [0, 0.05) is 18.8 Å². The number of fused-ring (bicyclic) bond motifs is 1. The van der Waals surface area contributed by atoms with Gasteiger partial charge in [0.25, 0.3) is 0 Å². The smallest absolute Gasteiger partial charge is 0.179 e. The number of hydrogen-bond donors (Lipinski definition) is 0. The summed E-state index contributed by atoms with van der Waals surface area (Å²) in [5.74, 6) is 1.82. The van der Waals surface area contributed by atoms with Crippen molar-refractivity contribution in [1.29, 1.82) is 0 Å². The van der Waals surface area contributed by atoms with Crippen LogP contribution in [0.15, 0.2) is 0 Å². The molecule has 3 nitrogen and oxygen atoms in total. The third-order valence-electron chi connectivity index (χ3n) is 2.20. The van der Waals surface area contributed by atoms with Crippen LogP contribution in [0.3, 0.4) is 0 Å². The van der Waals surface area contributed by atoms with Gasteiger partial charge in [-0.1, -0.05) is 13.8 Å². The van der Waals surface area contributed by atoms with E-state index in [1.807, 2.05) is 13.8 Å². The largest absolute Gasteiger partial charge is 0.283 e. The van der Waals surface area contributed by atoms with E-state index in [0.29, 0.717) is 6.42 Å². The molecule has 1 aliphatic heterocycles. The summed E-state index contributed by atoms with van der Waals surface area (Å²) < 4.78 is 14.9. The number of halogens is 1. The lowest BCUT2D eigenvalue weighted by molar-refractivity contribution is 0.245. The van der Waals surface area contributed by atoms with Crippen molar-refractivity contribution in [2.45, 2.75) is 38.9 Å². The third kappa shape index (κ3) is 0.940. The van der Waals surface area contributed by atoms with Crippen LogP contribution in [0.25, 0.3) is 0 Å². The van der Waals surface area contributed by atoms with Gasteiger partial charge in [-0.05, 0) is 0 Å². The van der Waals surface area contributed by atoms with Crippen LogP contribution in [0.1, 0.15) is 44.1 Å². The zero-order valence-corrected chi connectivity index (χ0v) is 7.29. The van der Waals surface area contributed by atoms with Gasteiger partial charge in [0.2, 0.25) is 0 Å². The molecule has 0 radical (unpaired) electrons. The Balaban J connectivity index is 2.46. The van der Waals surface area contributed by atoms with E-state index in [1.165, 1.54) is 0 Å². The van der Waals surface area contributed by atoms with E-state index >= 15 is 0 Å². The van der Waals surface area contributed by atoms with Crippen molar-refractivity contribution in [3.05, 3.63) is 11.6 Å². The maximum absolute atomic E-state index is 13.3. The molecule has 0 spiro atoms. The Bertz CT molecular complexity index is 292. The van der Waals surface area contributed by atoms with E-state index in [2.05, 4.69) is 10.2 Å². The summed E-state index contributed by atoms with van der Waals surface area (Å²) in [4.78, 5) is 0. The lowest BCUT2D eigenvalue weighted by Gasteiger charge is -2.08. The van der Waals surface area contributed by atoms with E-state index in [9.17, 15) is 4.39 Å². The minimum atomic E-state index is -0.896. The Morgan fingerprint density at radius 3 is 2.92 bits per heavy atom. The van der Waals surface area contributed by atoms with Gasteiger partial charge in [0.15, 0.2) is 6.30 Å². The molecule has 0 unspecified atom stereocenters. The molecule has 12 heavy (non-hydrogen) atoms. The van der Waals surface area contributed by atoms with Crippen molar-refractivity contribution in [3.8, 4) is 0 Å². The van der Waals surface area contributed by atoms with Crippen molar-refractivity contribution >= 4 is 0 Å². The molecule has 0 fully saturated rings. The maximum Gasteiger partial charge on any atom is 0.179 e. The molecule has 1 aromatic heterocycles. The lowest BCUT2D eigenvalue weighted by Crippen LogP contribution is -2.05. The second-order valence-electron chi connectivity index (χ2n) is 3.47. The van der Waals surface area contributed by atoms with Gasteiger partial charge in [-0.25, -0.2) is 4.39 Å². The first-order valence-electron chi connectivity index (χ1n) is 4.28. The number of hydrogen-bond acceptors (Lipinski definition) is 2. The molecule has 4 heteroatoms. The molecule has 0 aliphatic carbocycles. The van der Waals surface area contributed by atoms with Crippen molar-refractivity contribution in [1.82, 2.24) is 14.8 Å². The Morgan fingerprint density at radius 2 is 2.25 bits per heavy atom. The molecular formula is C8H12FN3. The Hall–Kier alpha value is -0.930. The summed E-state index contributed by atoms with van der Waals surface area (Å²) >= 11 is 0. The maximum atomic E-state index is 13.3. The highest BCUT2D eigenvalue weighted by Gasteiger charge is 2.27. The van der Waals surface area contributed by atoms with Gasteiger partial charge in [0.1, 0.15) is 11.6 Å². The average molecular weight is 169 g/mol. The minimum Gasteiger partial charge on any atom is -0.283 e. The summed E-state index contributed by atoms with van der Waals surface area (Å²) in [7, 11) is 0. The molecule has 0 N–H and O–H groups in total. The molecule has 1 aliphatic rings. The predicted molar refractivity (Wildman–Crippen MR) is 42.6 cm³/mol. The predicted octanol–water partition coefficient (Wildman–Crippen LogP) is 1.82. The van der Waals surface area contributed by atoms with Gasteiger partial charge in [-0.2, -0.15) is 0 Å². The second-order valence-corrected chi connectivity index (χ2v) is 3.47. The van der Waals surface area contributed by atoms with E-state index in [1.54, 1.807) is 4.57 Å². The number of nitrogens with zero attached hydrogens (tertiary/aromatic N) is 3. The summed E-state index contributed by atoms with van der Waals surface area (Å²) in [6.45, 7) is 4.00. The fourth-order valence-corrected chi connectivity index (χ4v) is 1.58. The van der Waals surface area contributed by atoms with Crippen LogP contribution in [0, 0.1) is 0 Å². The minimum absolute atomic E-state index is 0.252. The number of rotatable bonds is 1. The van der Waals surface area contributed by atoms with Crippen LogP contribution in [0.2, 0.25) is 0 Å². The van der Waals surface area contributed by atoms with Crippen LogP contribution in [-0.2, 0) is 6.42 Å². The zero-order valence-electron chi connectivity index (χ0n) is 7.29. The van der Waals surface area contributed by atoms with E-state index < -0.39 is 6.30 Å². The SMILES string of the molecule is CC(C)c1nnc2n1[C@@H](F)CC2. The molecule has 0 aromatic carbocycles. The molecule has 2 rings (SSSR count). The zero-order chi connectivity index (χ0) is 8.72. The second kappa shape index (κ2) is 2.54. The monoisotopic (exact) mass is 169 g/mol. The summed E-state index contributed by atoms with van der Waals surface area (Å²) in [6.07, 6.45) is 0.387. The first-order chi connectivity index (χ1) is 5.70. The van der Waals surface area contributed by atoms with Crippen LogP contribution < -0.4 is 0 Å². The molecular weight excluding hydrogens is 157 g/mol. The quantitative estimate of drug-likeness (QED) is 0.642. The molecule has 0 bridgehead atoms. The van der Waals surface area contributed by atoms with Crippen LogP contribution in [0.4, 0.5) is 4.39 Å². The Morgan fingerprint density at radius 1 is 1.50 bits per heavy atom. The Labute approximate surface area is 70.6 Å². The topological polar surface area (TPSA) is 30.7 Å². The standard InChI is InChI=1S/C8H12FN3/c1-5(2)8-11-10-7-4-3-6(9)12(7)8/h5-6H,3-4H2,1-2H3/t6-/m1/s1. The summed E-state index contributed by atoms with van der Waals surface area (Å²) in [5, 5.41) is 7.90. The van der Waals surface area contributed by atoms with Crippen molar-refractivity contribution in [2.24, 2.45) is 0 Å². The molecule has 66 valence electrons. The third-order valence-corrected chi connectivity index (χ3v) is 2.20. The van der Waals surface area contributed by atoms with Gasteiger partial charge < -0.3 is 0 Å². The summed E-state index contributed by atoms with van der Waals surface area (Å²) in [6, 6.07) is 0. The molecule has 2 heterocycles. The Kier molecular flexibility index (Phi) is 1.63.